The minimum Gasteiger partial charge on any atom is -0.452 e. The zero-order valence-corrected chi connectivity index (χ0v) is 16.2. The van der Waals surface area contributed by atoms with E-state index < -0.39 is 5.97 Å². The Labute approximate surface area is 168 Å². The Morgan fingerprint density at radius 3 is 2.48 bits per heavy atom. The van der Waals surface area contributed by atoms with Crippen LogP contribution in [0.4, 0.5) is 4.79 Å². The van der Waals surface area contributed by atoms with E-state index in [1.165, 1.54) is 0 Å². The molecule has 150 valence electrons. The lowest BCUT2D eigenvalue weighted by atomic mass is 10.1. The number of benzene rings is 2. The van der Waals surface area contributed by atoms with E-state index >= 15 is 0 Å². The van der Waals surface area contributed by atoms with Gasteiger partial charge >= 0.3 is 12.0 Å². The summed E-state index contributed by atoms with van der Waals surface area (Å²) in [7, 11) is 0. The molecule has 0 bridgehead atoms. The summed E-state index contributed by atoms with van der Waals surface area (Å²) >= 11 is 0. The predicted octanol–water partition coefficient (Wildman–Crippen LogP) is 3.30. The minimum atomic E-state index is -0.499. The van der Waals surface area contributed by atoms with Gasteiger partial charge in [0.2, 0.25) is 5.82 Å². The lowest BCUT2D eigenvalue weighted by Gasteiger charge is -2.10. The molecule has 0 aliphatic heterocycles. The van der Waals surface area contributed by atoms with Crippen LogP contribution in [0.1, 0.15) is 35.7 Å². The van der Waals surface area contributed by atoms with Gasteiger partial charge in [-0.25, -0.2) is 9.59 Å². The Hall–Kier alpha value is -3.68. The molecule has 8 heteroatoms. The summed E-state index contributed by atoms with van der Waals surface area (Å²) in [6.07, 6.45) is 0. The average Bonchev–Trinajstić information content (AvgIpc) is 3.20. The van der Waals surface area contributed by atoms with Crippen LogP contribution in [0, 0.1) is 0 Å². The summed E-state index contributed by atoms with van der Waals surface area (Å²) in [4.78, 5) is 28.0. The van der Waals surface area contributed by atoms with Crippen LogP contribution in [-0.2, 0) is 17.9 Å². The maximum Gasteiger partial charge on any atom is 0.338 e. The largest absolute Gasteiger partial charge is 0.452 e. The number of aromatic nitrogens is 2. The van der Waals surface area contributed by atoms with Gasteiger partial charge in [-0.3, -0.25) is 0 Å². The number of nitrogens with zero attached hydrogens (tertiary/aromatic N) is 2. The van der Waals surface area contributed by atoms with Crippen LogP contribution >= 0.6 is 0 Å². The third kappa shape index (κ3) is 5.90. The molecule has 0 unspecified atom stereocenters. The van der Waals surface area contributed by atoms with Gasteiger partial charge in [-0.05, 0) is 31.5 Å². The fourth-order valence-corrected chi connectivity index (χ4v) is 2.48. The van der Waals surface area contributed by atoms with Crippen molar-refractivity contribution in [1.82, 2.24) is 20.8 Å². The summed E-state index contributed by atoms with van der Waals surface area (Å²) < 4.78 is 10.4. The maximum atomic E-state index is 12.2. The van der Waals surface area contributed by atoms with Crippen molar-refractivity contribution < 1.29 is 18.8 Å². The van der Waals surface area contributed by atoms with Crippen molar-refractivity contribution in [2.24, 2.45) is 0 Å². The maximum absolute atomic E-state index is 12.2. The highest BCUT2D eigenvalue weighted by atomic mass is 16.6. The molecule has 2 N–H and O–H groups in total. The monoisotopic (exact) mass is 394 g/mol. The first kappa shape index (κ1) is 20.1. The van der Waals surface area contributed by atoms with Crippen LogP contribution in [0.25, 0.3) is 11.4 Å². The van der Waals surface area contributed by atoms with Gasteiger partial charge in [0.1, 0.15) is 0 Å². The van der Waals surface area contributed by atoms with Crippen LogP contribution in [-0.4, -0.2) is 28.2 Å². The first-order chi connectivity index (χ1) is 14.0. The van der Waals surface area contributed by atoms with Crippen LogP contribution in [0.3, 0.4) is 0 Å². The Balaban J connectivity index is 1.50. The summed E-state index contributed by atoms with van der Waals surface area (Å²) in [5.74, 6) is 0.158. The molecule has 0 aliphatic carbocycles. The molecule has 1 heterocycles. The number of carbonyl (C=O) groups is 2. The first-order valence-electron chi connectivity index (χ1n) is 9.19. The second kappa shape index (κ2) is 9.50. The molecule has 2 aromatic carbocycles. The Kier molecular flexibility index (Phi) is 6.57. The third-order valence-corrected chi connectivity index (χ3v) is 3.89. The first-order valence-corrected chi connectivity index (χ1v) is 9.19. The fourth-order valence-electron chi connectivity index (χ4n) is 2.48. The molecule has 0 radical (unpaired) electrons. The molecule has 0 fully saturated rings. The van der Waals surface area contributed by atoms with Gasteiger partial charge in [-0.1, -0.05) is 47.6 Å². The second-order valence-corrected chi connectivity index (χ2v) is 6.63. The van der Waals surface area contributed by atoms with Crippen LogP contribution in [0.15, 0.2) is 59.1 Å². The van der Waals surface area contributed by atoms with E-state index in [1.807, 2.05) is 44.2 Å². The topological polar surface area (TPSA) is 106 Å². The normalized spacial score (nSPS) is 10.6. The number of urea groups is 1. The zero-order chi connectivity index (χ0) is 20.6. The van der Waals surface area contributed by atoms with Crippen molar-refractivity contribution in [2.75, 3.05) is 0 Å². The Bertz CT molecular complexity index is 952. The molecule has 0 saturated heterocycles. The number of esters is 1. The van der Waals surface area contributed by atoms with Gasteiger partial charge in [0.25, 0.3) is 5.89 Å². The average molecular weight is 394 g/mol. The van der Waals surface area contributed by atoms with E-state index in [9.17, 15) is 9.59 Å². The predicted molar refractivity (Wildman–Crippen MR) is 106 cm³/mol. The van der Waals surface area contributed by atoms with Crippen molar-refractivity contribution in [3.63, 3.8) is 0 Å². The van der Waals surface area contributed by atoms with E-state index in [1.54, 1.807) is 24.3 Å². The molecule has 3 aromatic rings. The van der Waals surface area contributed by atoms with Gasteiger partial charge < -0.3 is 19.9 Å². The molecule has 1 aromatic heterocycles. The molecule has 0 atom stereocenters. The van der Waals surface area contributed by atoms with Gasteiger partial charge in [0.05, 0.1) is 5.56 Å². The lowest BCUT2D eigenvalue weighted by Crippen LogP contribution is -2.39. The van der Waals surface area contributed by atoms with E-state index in [2.05, 4.69) is 20.8 Å². The molecule has 2 amide bonds. The number of carbonyl (C=O) groups excluding carboxylic acids is 2. The lowest BCUT2D eigenvalue weighted by molar-refractivity contribution is 0.0430. The number of nitrogens with one attached hydrogen (secondary N) is 2. The number of rotatable bonds is 7. The summed E-state index contributed by atoms with van der Waals surface area (Å²) in [5, 5.41) is 9.37. The Morgan fingerprint density at radius 2 is 1.79 bits per heavy atom. The molecule has 0 aliphatic rings. The van der Waals surface area contributed by atoms with Gasteiger partial charge in [-0.2, -0.15) is 4.98 Å². The number of hydrogen-bond donors (Lipinski definition) is 2. The van der Waals surface area contributed by atoms with Crippen molar-refractivity contribution in [2.45, 2.75) is 33.0 Å². The van der Waals surface area contributed by atoms with Crippen LogP contribution in [0.5, 0.6) is 0 Å². The second-order valence-electron chi connectivity index (χ2n) is 6.63. The highest BCUT2D eigenvalue weighted by molar-refractivity contribution is 5.89. The van der Waals surface area contributed by atoms with E-state index in [-0.39, 0.29) is 24.6 Å². The molecule has 0 saturated carbocycles. The minimum absolute atomic E-state index is 0.0646. The molecule has 29 heavy (non-hydrogen) atoms. The van der Waals surface area contributed by atoms with Crippen molar-refractivity contribution in [1.29, 1.82) is 0 Å². The molecule has 0 spiro atoms. The van der Waals surface area contributed by atoms with Crippen molar-refractivity contribution in [3.05, 3.63) is 71.6 Å². The Morgan fingerprint density at radius 1 is 1.07 bits per heavy atom. The summed E-state index contributed by atoms with van der Waals surface area (Å²) in [6.45, 7) is 4.02. The van der Waals surface area contributed by atoms with E-state index in [4.69, 9.17) is 9.26 Å². The smallest absolute Gasteiger partial charge is 0.338 e. The van der Waals surface area contributed by atoms with Crippen LogP contribution in [0.2, 0.25) is 0 Å². The van der Waals surface area contributed by atoms with Crippen LogP contribution < -0.4 is 10.6 Å². The quantitative estimate of drug-likeness (QED) is 0.596. The molecular formula is C21H22N4O4. The standard InChI is InChI=1S/C21H22N4O4/c1-14(2)23-21(27)22-12-15-8-10-17(11-9-15)20(26)28-13-18-24-19(25-29-18)16-6-4-3-5-7-16/h3-11,14H,12-13H2,1-2H3,(H2,22,23,27). The van der Waals surface area contributed by atoms with Crippen molar-refractivity contribution in [3.8, 4) is 11.4 Å². The van der Waals surface area contributed by atoms with E-state index in [0.717, 1.165) is 11.1 Å². The number of hydrogen-bond acceptors (Lipinski definition) is 6. The summed E-state index contributed by atoms with van der Waals surface area (Å²) in [6, 6.07) is 16.0. The highest BCUT2D eigenvalue weighted by Crippen LogP contribution is 2.15. The third-order valence-electron chi connectivity index (χ3n) is 3.89. The van der Waals surface area contributed by atoms with Gasteiger partial charge in [-0.15, -0.1) is 0 Å². The van der Waals surface area contributed by atoms with Gasteiger partial charge in [0.15, 0.2) is 6.61 Å². The fraction of sp³-hybridized carbons (Fsp3) is 0.238. The molecule has 8 nitrogen and oxygen atoms in total. The summed E-state index contributed by atoms with van der Waals surface area (Å²) in [5.41, 5.74) is 2.08. The number of ether oxygens (including phenoxy) is 1. The molecule has 3 rings (SSSR count). The molecular weight excluding hydrogens is 372 g/mol. The van der Waals surface area contributed by atoms with E-state index in [0.29, 0.717) is 17.9 Å². The van der Waals surface area contributed by atoms with Crippen molar-refractivity contribution >= 4 is 12.0 Å². The zero-order valence-electron chi connectivity index (χ0n) is 16.2. The SMILES string of the molecule is CC(C)NC(=O)NCc1ccc(C(=O)OCc2nc(-c3ccccc3)no2)cc1. The highest BCUT2D eigenvalue weighted by Gasteiger charge is 2.12. The van der Waals surface area contributed by atoms with Gasteiger partial charge in [0, 0.05) is 18.2 Å². The number of amides is 2.